The van der Waals surface area contributed by atoms with Gasteiger partial charge in [-0.2, -0.15) is 0 Å². The number of nitrogens with zero attached hydrogens (tertiary/aromatic N) is 2. The summed E-state index contributed by atoms with van der Waals surface area (Å²) in [6.07, 6.45) is 0. The van der Waals surface area contributed by atoms with Crippen molar-refractivity contribution in [3.05, 3.63) is 204 Å². The fourth-order valence-electron chi connectivity index (χ4n) is 7.89. The molecule has 0 amide bonds. The van der Waals surface area contributed by atoms with E-state index in [1.54, 1.807) is 11.3 Å². The van der Waals surface area contributed by atoms with Crippen LogP contribution in [-0.4, -0.2) is 4.98 Å². The molecule has 2 nitrogen and oxygen atoms in total. The summed E-state index contributed by atoms with van der Waals surface area (Å²) >= 11 is 1.74. The molecule has 7 aromatic carbocycles. The number of benzene rings is 7. The molecule has 0 saturated carbocycles. The Morgan fingerprint density at radius 1 is 0.510 bits per heavy atom. The van der Waals surface area contributed by atoms with Crippen molar-refractivity contribution in [2.45, 2.75) is 31.6 Å². The largest absolute Gasteiger partial charge is 0.310 e. The minimum Gasteiger partial charge on any atom is -0.310 e. The van der Waals surface area contributed by atoms with Crippen molar-refractivity contribution < 1.29 is 0 Å². The Hall–Kier alpha value is -5.77. The molecular weight excluding hydrogens is 637 g/mol. The molecule has 0 unspecified atom stereocenters. The van der Waals surface area contributed by atoms with E-state index >= 15 is 0 Å². The van der Waals surface area contributed by atoms with Gasteiger partial charge >= 0.3 is 0 Å². The molecule has 1 aliphatic carbocycles. The zero-order valence-corrected chi connectivity index (χ0v) is 29.9. The maximum Gasteiger partial charge on any atom is 0.124 e. The molecule has 9 rings (SSSR count). The standard InChI is InChI=1S/C48H38N2S/c1-47(2,3)34-23-25-37(26-24-34)50(39-28-30-45-44(32-39)49-46(51-45)33-15-7-4-8-16-33)38-27-29-41-40-21-13-14-22-42(40)48(43(41)31-38,35-17-9-5-10-18-35)36-19-11-6-12-20-36/h4-32H,1-3H3. The second-order valence-corrected chi connectivity index (χ2v) is 15.5. The van der Waals surface area contributed by atoms with Crippen LogP contribution in [-0.2, 0) is 10.8 Å². The van der Waals surface area contributed by atoms with Crippen LogP contribution in [0.1, 0.15) is 48.6 Å². The molecule has 0 atom stereocenters. The van der Waals surface area contributed by atoms with Gasteiger partial charge in [0.2, 0.25) is 0 Å². The topological polar surface area (TPSA) is 16.1 Å². The highest BCUT2D eigenvalue weighted by molar-refractivity contribution is 7.21. The van der Waals surface area contributed by atoms with Crippen molar-refractivity contribution >= 4 is 38.6 Å². The van der Waals surface area contributed by atoms with Crippen molar-refractivity contribution in [3.8, 4) is 21.7 Å². The predicted octanol–water partition coefficient (Wildman–Crippen LogP) is 13.1. The monoisotopic (exact) mass is 674 g/mol. The molecule has 1 heterocycles. The maximum atomic E-state index is 5.14. The van der Waals surface area contributed by atoms with Gasteiger partial charge in [-0.25, -0.2) is 4.98 Å². The molecule has 0 fully saturated rings. The van der Waals surface area contributed by atoms with E-state index in [1.807, 2.05) is 0 Å². The number of anilines is 3. The summed E-state index contributed by atoms with van der Waals surface area (Å²) in [4.78, 5) is 7.54. The highest BCUT2D eigenvalue weighted by atomic mass is 32.1. The van der Waals surface area contributed by atoms with Gasteiger partial charge in [-0.15, -0.1) is 11.3 Å². The molecule has 246 valence electrons. The van der Waals surface area contributed by atoms with E-state index in [1.165, 1.54) is 43.6 Å². The van der Waals surface area contributed by atoms with Crippen LogP contribution in [0.4, 0.5) is 17.1 Å². The molecule has 1 aromatic heterocycles. The van der Waals surface area contributed by atoms with Crippen molar-refractivity contribution in [3.63, 3.8) is 0 Å². The molecule has 51 heavy (non-hydrogen) atoms. The Morgan fingerprint density at radius 3 is 1.73 bits per heavy atom. The molecule has 0 spiro atoms. The smallest absolute Gasteiger partial charge is 0.124 e. The summed E-state index contributed by atoms with van der Waals surface area (Å²) in [5, 5.41) is 1.04. The van der Waals surface area contributed by atoms with Crippen LogP contribution >= 0.6 is 11.3 Å². The summed E-state index contributed by atoms with van der Waals surface area (Å²) in [6, 6.07) is 64.3. The number of thiazole rings is 1. The number of rotatable bonds is 6. The normalized spacial score (nSPS) is 13.2. The van der Waals surface area contributed by atoms with Crippen LogP contribution in [0.3, 0.4) is 0 Å². The Labute approximate surface area is 304 Å². The Bertz CT molecular complexity index is 2450. The SMILES string of the molecule is CC(C)(C)c1ccc(N(c2ccc3c(c2)C(c2ccccc2)(c2ccccc2)c2ccccc2-3)c2ccc3sc(-c4ccccc4)nc3c2)cc1. The van der Waals surface area contributed by atoms with E-state index in [0.717, 1.165) is 33.1 Å². The lowest BCUT2D eigenvalue weighted by atomic mass is 9.67. The second-order valence-electron chi connectivity index (χ2n) is 14.4. The molecule has 1 aliphatic rings. The zero-order chi connectivity index (χ0) is 34.6. The summed E-state index contributed by atoms with van der Waals surface area (Å²) in [7, 11) is 0. The maximum absolute atomic E-state index is 5.14. The average molecular weight is 675 g/mol. The lowest BCUT2D eigenvalue weighted by Crippen LogP contribution is -2.28. The van der Waals surface area contributed by atoms with Gasteiger partial charge in [0.15, 0.2) is 0 Å². The summed E-state index contributed by atoms with van der Waals surface area (Å²) in [5.74, 6) is 0. The van der Waals surface area contributed by atoms with Gasteiger partial charge in [0, 0.05) is 22.6 Å². The van der Waals surface area contributed by atoms with Gasteiger partial charge in [-0.1, -0.05) is 154 Å². The van der Waals surface area contributed by atoms with Crippen molar-refractivity contribution in [2.75, 3.05) is 4.90 Å². The Kier molecular flexibility index (Phi) is 7.49. The average Bonchev–Trinajstić information content (AvgIpc) is 3.73. The lowest BCUT2D eigenvalue weighted by molar-refractivity contribution is 0.590. The third-order valence-electron chi connectivity index (χ3n) is 10.3. The lowest BCUT2D eigenvalue weighted by Gasteiger charge is -2.35. The van der Waals surface area contributed by atoms with E-state index in [2.05, 4.69) is 202 Å². The van der Waals surface area contributed by atoms with Crippen molar-refractivity contribution in [2.24, 2.45) is 0 Å². The summed E-state index contributed by atoms with van der Waals surface area (Å²) in [5.41, 5.74) is 14.0. The predicted molar refractivity (Wildman–Crippen MR) is 216 cm³/mol. The molecular formula is C48H38N2S. The third kappa shape index (κ3) is 5.19. The van der Waals surface area contributed by atoms with Gasteiger partial charge in [0.1, 0.15) is 5.01 Å². The Balaban J connectivity index is 1.28. The molecule has 0 bridgehead atoms. The fourth-order valence-corrected chi connectivity index (χ4v) is 8.84. The molecule has 0 aliphatic heterocycles. The molecule has 3 heteroatoms. The van der Waals surface area contributed by atoms with E-state index in [0.29, 0.717) is 0 Å². The van der Waals surface area contributed by atoms with Crippen LogP contribution in [0.25, 0.3) is 31.9 Å². The summed E-state index contributed by atoms with van der Waals surface area (Å²) < 4.78 is 1.18. The second kappa shape index (κ2) is 12.2. The quantitative estimate of drug-likeness (QED) is 0.174. The third-order valence-corrected chi connectivity index (χ3v) is 11.4. The highest BCUT2D eigenvalue weighted by Gasteiger charge is 2.46. The molecule has 0 saturated heterocycles. The van der Waals surface area contributed by atoms with E-state index in [4.69, 9.17) is 4.98 Å². The molecule has 0 radical (unpaired) electrons. The van der Waals surface area contributed by atoms with Gasteiger partial charge in [-0.3, -0.25) is 0 Å². The van der Waals surface area contributed by atoms with Crippen LogP contribution in [0.15, 0.2) is 176 Å². The number of hydrogen-bond acceptors (Lipinski definition) is 3. The minimum absolute atomic E-state index is 0.0566. The van der Waals surface area contributed by atoms with Crippen molar-refractivity contribution in [1.29, 1.82) is 0 Å². The molecule has 8 aromatic rings. The minimum atomic E-state index is -0.477. The first kappa shape index (κ1) is 31.2. The van der Waals surface area contributed by atoms with Crippen LogP contribution in [0, 0.1) is 0 Å². The van der Waals surface area contributed by atoms with Crippen LogP contribution < -0.4 is 4.90 Å². The zero-order valence-electron chi connectivity index (χ0n) is 29.0. The molecule has 0 N–H and O–H groups in total. The Morgan fingerprint density at radius 2 is 1.06 bits per heavy atom. The van der Waals surface area contributed by atoms with Gasteiger partial charge in [0.05, 0.1) is 15.6 Å². The van der Waals surface area contributed by atoms with E-state index < -0.39 is 5.41 Å². The van der Waals surface area contributed by atoms with Gasteiger partial charge < -0.3 is 4.90 Å². The van der Waals surface area contributed by atoms with E-state index in [-0.39, 0.29) is 5.41 Å². The van der Waals surface area contributed by atoms with Crippen LogP contribution in [0.5, 0.6) is 0 Å². The highest BCUT2D eigenvalue weighted by Crippen LogP contribution is 2.57. The number of aromatic nitrogens is 1. The van der Waals surface area contributed by atoms with Gasteiger partial charge in [0.25, 0.3) is 0 Å². The fraction of sp³-hybridized carbons (Fsp3) is 0.104. The van der Waals surface area contributed by atoms with Crippen LogP contribution in [0.2, 0.25) is 0 Å². The number of hydrogen-bond donors (Lipinski definition) is 0. The van der Waals surface area contributed by atoms with Gasteiger partial charge in [-0.05, 0) is 86.8 Å². The first-order valence-corrected chi connectivity index (χ1v) is 18.4. The van der Waals surface area contributed by atoms with Crippen molar-refractivity contribution in [1.82, 2.24) is 4.98 Å². The van der Waals surface area contributed by atoms with E-state index in [9.17, 15) is 0 Å². The summed E-state index contributed by atoms with van der Waals surface area (Å²) in [6.45, 7) is 6.81. The first-order chi connectivity index (χ1) is 24.9. The number of fused-ring (bicyclic) bond motifs is 4. The first-order valence-electron chi connectivity index (χ1n) is 17.6.